The standard InChI is InChI=1S/C25H26N2O5S2/c1-3-18-8-13-22-23(16-18)33-25(26-22)27(17-20-6-4-14-32-20)24(28)7-5-15-34(29,30)21-11-9-19(31-2)10-12-21/h4,6,8-14,16H,3,5,7,15,17H2,1-2H3. The Morgan fingerprint density at radius 2 is 1.94 bits per heavy atom. The lowest BCUT2D eigenvalue weighted by atomic mass is 10.2. The number of aryl methyl sites for hydroxylation is 1. The summed E-state index contributed by atoms with van der Waals surface area (Å²) in [5, 5.41) is 0.572. The molecule has 0 unspecified atom stereocenters. The number of furan rings is 1. The minimum atomic E-state index is -3.51. The Hall–Kier alpha value is -3.17. The van der Waals surface area contributed by atoms with Gasteiger partial charge in [0.1, 0.15) is 11.5 Å². The predicted octanol–water partition coefficient (Wildman–Crippen LogP) is 5.25. The second-order valence-electron chi connectivity index (χ2n) is 7.81. The molecule has 0 aliphatic carbocycles. The third-order valence-corrected chi connectivity index (χ3v) is 8.36. The summed E-state index contributed by atoms with van der Waals surface area (Å²) in [6.45, 7) is 2.33. The number of nitrogens with zero attached hydrogens (tertiary/aromatic N) is 2. The van der Waals surface area contributed by atoms with Crippen LogP contribution in [-0.4, -0.2) is 32.2 Å². The number of hydrogen-bond acceptors (Lipinski definition) is 7. The Morgan fingerprint density at radius 3 is 2.62 bits per heavy atom. The number of anilines is 1. The number of ether oxygens (including phenoxy) is 1. The number of carbonyl (C=O) groups is 1. The molecule has 4 aromatic rings. The number of methoxy groups -OCH3 is 1. The summed E-state index contributed by atoms with van der Waals surface area (Å²) in [5.41, 5.74) is 2.03. The average Bonchev–Trinajstić information content (AvgIpc) is 3.51. The number of fused-ring (bicyclic) bond motifs is 1. The SMILES string of the molecule is CCc1ccc2nc(N(Cc3ccco3)C(=O)CCCS(=O)(=O)c3ccc(OC)cc3)sc2c1. The lowest BCUT2D eigenvalue weighted by Crippen LogP contribution is -2.30. The molecular formula is C25H26N2O5S2. The summed E-state index contributed by atoms with van der Waals surface area (Å²) in [7, 11) is -1.98. The summed E-state index contributed by atoms with van der Waals surface area (Å²) >= 11 is 1.45. The summed E-state index contributed by atoms with van der Waals surface area (Å²) in [5.74, 6) is 0.896. The van der Waals surface area contributed by atoms with E-state index in [2.05, 4.69) is 18.0 Å². The van der Waals surface area contributed by atoms with Gasteiger partial charge < -0.3 is 9.15 Å². The van der Waals surface area contributed by atoms with E-state index in [4.69, 9.17) is 9.15 Å². The number of thiazole rings is 1. The van der Waals surface area contributed by atoms with Gasteiger partial charge in [0.05, 0.1) is 40.8 Å². The number of amides is 1. The van der Waals surface area contributed by atoms with E-state index in [-0.39, 0.29) is 35.9 Å². The van der Waals surface area contributed by atoms with Crippen LogP contribution in [0.2, 0.25) is 0 Å². The third-order valence-electron chi connectivity index (χ3n) is 5.50. The van der Waals surface area contributed by atoms with E-state index in [0.29, 0.717) is 16.6 Å². The van der Waals surface area contributed by atoms with Gasteiger partial charge >= 0.3 is 0 Å². The number of carbonyl (C=O) groups excluding carboxylic acids is 1. The smallest absolute Gasteiger partial charge is 0.229 e. The van der Waals surface area contributed by atoms with Crippen LogP contribution in [0.4, 0.5) is 5.13 Å². The van der Waals surface area contributed by atoms with Crippen molar-refractivity contribution in [3.63, 3.8) is 0 Å². The number of benzene rings is 2. The molecule has 2 aromatic heterocycles. The van der Waals surface area contributed by atoms with Crippen LogP contribution >= 0.6 is 11.3 Å². The van der Waals surface area contributed by atoms with E-state index in [1.54, 1.807) is 35.4 Å². The molecule has 2 heterocycles. The highest BCUT2D eigenvalue weighted by Gasteiger charge is 2.23. The molecule has 0 saturated carbocycles. The van der Waals surface area contributed by atoms with Gasteiger partial charge in [0.25, 0.3) is 0 Å². The van der Waals surface area contributed by atoms with Gasteiger partial charge in [-0.05, 0) is 66.9 Å². The van der Waals surface area contributed by atoms with Crippen molar-refractivity contribution in [1.82, 2.24) is 4.98 Å². The summed E-state index contributed by atoms with van der Waals surface area (Å²) in [6, 6.07) is 15.9. The first-order valence-electron chi connectivity index (χ1n) is 11.0. The molecule has 0 N–H and O–H groups in total. The first-order valence-corrected chi connectivity index (χ1v) is 13.5. The van der Waals surface area contributed by atoms with Crippen molar-refractivity contribution in [3.05, 3.63) is 72.2 Å². The maximum atomic E-state index is 13.2. The first-order chi connectivity index (χ1) is 16.4. The van der Waals surface area contributed by atoms with Crippen molar-refractivity contribution >= 4 is 42.4 Å². The molecule has 178 valence electrons. The zero-order valence-corrected chi connectivity index (χ0v) is 20.7. The molecule has 2 aromatic carbocycles. The fraction of sp³-hybridized carbons (Fsp3) is 0.280. The summed E-state index contributed by atoms with van der Waals surface area (Å²) in [6.07, 6.45) is 2.76. The Kier molecular flexibility index (Phi) is 7.33. The molecule has 34 heavy (non-hydrogen) atoms. The lowest BCUT2D eigenvalue weighted by Gasteiger charge is -2.18. The molecule has 4 rings (SSSR count). The summed E-state index contributed by atoms with van der Waals surface area (Å²) < 4.78 is 36.9. The van der Waals surface area contributed by atoms with E-state index < -0.39 is 9.84 Å². The van der Waals surface area contributed by atoms with Crippen molar-refractivity contribution in [2.75, 3.05) is 17.8 Å². The Labute approximate surface area is 202 Å². The lowest BCUT2D eigenvalue weighted by molar-refractivity contribution is -0.118. The monoisotopic (exact) mass is 498 g/mol. The normalized spacial score (nSPS) is 11.6. The van der Waals surface area contributed by atoms with Gasteiger partial charge in [-0.25, -0.2) is 13.4 Å². The van der Waals surface area contributed by atoms with Crippen molar-refractivity contribution in [3.8, 4) is 5.75 Å². The maximum absolute atomic E-state index is 13.2. The van der Waals surface area contributed by atoms with Gasteiger partial charge in [-0.1, -0.05) is 24.3 Å². The number of hydrogen-bond donors (Lipinski definition) is 0. The highest BCUT2D eigenvalue weighted by Crippen LogP contribution is 2.31. The highest BCUT2D eigenvalue weighted by atomic mass is 32.2. The zero-order valence-electron chi connectivity index (χ0n) is 19.1. The minimum absolute atomic E-state index is 0.0756. The van der Waals surface area contributed by atoms with Gasteiger partial charge in [-0.15, -0.1) is 0 Å². The molecule has 9 heteroatoms. The van der Waals surface area contributed by atoms with Crippen LogP contribution in [0.25, 0.3) is 10.2 Å². The van der Waals surface area contributed by atoms with Crippen LogP contribution in [0.3, 0.4) is 0 Å². The van der Waals surface area contributed by atoms with E-state index in [1.807, 2.05) is 12.1 Å². The molecule has 0 atom stereocenters. The van der Waals surface area contributed by atoms with E-state index in [1.165, 1.54) is 36.1 Å². The second-order valence-corrected chi connectivity index (χ2v) is 10.9. The minimum Gasteiger partial charge on any atom is -0.497 e. The van der Waals surface area contributed by atoms with Gasteiger partial charge in [0.2, 0.25) is 5.91 Å². The van der Waals surface area contributed by atoms with Crippen LogP contribution in [0, 0.1) is 0 Å². The van der Waals surface area contributed by atoms with Crippen LogP contribution < -0.4 is 9.64 Å². The van der Waals surface area contributed by atoms with Gasteiger partial charge in [-0.2, -0.15) is 0 Å². The van der Waals surface area contributed by atoms with E-state index in [0.717, 1.165) is 16.6 Å². The molecule has 0 spiro atoms. The quantitative estimate of drug-likeness (QED) is 0.297. The van der Waals surface area contributed by atoms with Gasteiger partial charge in [0, 0.05) is 6.42 Å². The Bertz CT molecular complexity index is 1360. The van der Waals surface area contributed by atoms with Crippen molar-refractivity contribution in [2.45, 2.75) is 37.6 Å². The molecule has 0 fully saturated rings. The van der Waals surface area contributed by atoms with Crippen molar-refractivity contribution in [1.29, 1.82) is 0 Å². The molecule has 7 nitrogen and oxygen atoms in total. The fourth-order valence-electron chi connectivity index (χ4n) is 3.56. The van der Waals surface area contributed by atoms with Crippen LogP contribution in [0.1, 0.15) is 31.1 Å². The molecule has 0 aliphatic heterocycles. The molecule has 1 amide bonds. The summed E-state index contributed by atoms with van der Waals surface area (Å²) in [4.78, 5) is 19.7. The van der Waals surface area contributed by atoms with Crippen molar-refractivity contribution in [2.24, 2.45) is 0 Å². The largest absolute Gasteiger partial charge is 0.497 e. The average molecular weight is 499 g/mol. The third kappa shape index (κ3) is 5.48. The Balaban J connectivity index is 1.49. The zero-order chi connectivity index (χ0) is 24.1. The van der Waals surface area contributed by atoms with E-state index >= 15 is 0 Å². The number of rotatable bonds is 10. The molecule has 0 radical (unpaired) electrons. The molecule has 0 aliphatic rings. The van der Waals surface area contributed by atoms with E-state index in [9.17, 15) is 13.2 Å². The molecule has 0 bridgehead atoms. The fourth-order valence-corrected chi connectivity index (χ4v) is 5.92. The number of aromatic nitrogens is 1. The first kappa shape index (κ1) is 24.0. The molecular weight excluding hydrogens is 472 g/mol. The number of sulfone groups is 1. The van der Waals surface area contributed by atoms with Gasteiger partial charge in [0.15, 0.2) is 15.0 Å². The predicted molar refractivity (Wildman–Crippen MR) is 133 cm³/mol. The highest BCUT2D eigenvalue weighted by molar-refractivity contribution is 7.91. The van der Waals surface area contributed by atoms with Gasteiger partial charge in [-0.3, -0.25) is 9.69 Å². The second kappa shape index (κ2) is 10.4. The van der Waals surface area contributed by atoms with Crippen LogP contribution in [0.15, 0.2) is 70.2 Å². The van der Waals surface area contributed by atoms with Crippen molar-refractivity contribution < 1.29 is 22.4 Å². The topological polar surface area (TPSA) is 89.7 Å². The Morgan fingerprint density at radius 1 is 1.15 bits per heavy atom. The van der Waals surface area contributed by atoms with Crippen LogP contribution in [0.5, 0.6) is 5.75 Å². The molecule has 0 saturated heterocycles. The van der Waals surface area contributed by atoms with Crippen LogP contribution in [-0.2, 0) is 27.6 Å². The maximum Gasteiger partial charge on any atom is 0.229 e.